The van der Waals surface area contributed by atoms with E-state index in [1.54, 1.807) is 0 Å². The van der Waals surface area contributed by atoms with Crippen LogP contribution >= 0.6 is 11.8 Å². The van der Waals surface area contributed by atoms with Crippen molar-refractivity contribution in [3.63, 3.8) is 0 Å². The summed E-state index contributed by atoms with van der Waals surface area (Å²) < 4.78 is 18.5. The molecule has 0 aliphatic rings. The number of rotatable bonds is 5. The van der Waals surface area contributed by atoms with Crippen LogP contribution in [0, 0.1) is 5.82 Å². The Morgan fingerprint density at radius 1 is 1.17 bits per heavy atom. The molecule has 0 unspecified atom stereocenters. The lowest BCUT2D eigenvalue weighted by molar-refractivity contribution is 0.101. The van der Waals surface area contributed by atoms with Gasteiger partial charge < -0.3 is 4.74 Å². The molecule has 23 heavy (non-hydrogen) atoms. The Morgan fingerprint density at radius 2 is 2.00 bits per heavy atom. The summed E-state index contributed by atoms with van der Waals surface area (Å²) in [4.78, 5) is 16.8. The number of nitrogens with zero attached hydrogens (tertiary/aromatic N) is 1. The summed E-state index contributed by atoms with van der Waals surface area (Å²) in [5.41, 5.74) is 1.13. The van der Waals surface area contributed by atoms with E-state index in [4.69, 9.17) is 4.74 Å². The number of ketones is 1. The van der Waals surface area contributed by atoms with E-state index in [9.17, 15) is 9.18 Å². The van der Waals surface area contributed by atoms with Crippen LogP contribution in [0.5, 0.6) is 5.75 Å². The summed E-state index contributed by atoms with van der Waals surface area (Å²) in [5.74, 6) is -0.0988. The number of carbonyl (C=O) groups is 1. The number of ether oxygens (including phenoxy) is 1. The van der Waals surface area contributed by atoms with Crippen LogP contribution < -0.4 is 4.74 Å². The molecule has 0 aliphatic carbocycles. The molecule has 0 fully saturated rings. The van der Waals surface area contributed by atoms with Crippen molar-refractivity contribution in [3.05, 3.63) is 66.0 Å². The molecule has 3 aromatic rings. The van der Waals surface area contributed by atoms with Gasteiger partial charge in [0.2, 0.25) is 0 Å². The van der Waals surface area contributed by atoms with Gasteiger partial charge in [-0.05, 0) is 30.3 Å². The minimum Gasteiger partial charge on any atom is -0.496 e. The largest absolute Gasteiger partial charge is 0.496 e. The summed E-state index contributed by atoms with van der Waals surface area (Å²) in [5, 5.41) is 1.81. The molecule has 2 aromatic carbocycles. The molecule has 0 spiro atoms. The van der Waals surface area contributed by atoms with Crippen LogP contribution in [0.2, 0.25) is 0 Å². The molecule has 116 valence electrons. The first-order chi connectivity index (χ1) is 11.2. The van der Waals surface area contributed by atoms with Crippen molar-refractivity contribution in [1.82, 2.24) is 4.98 Å². The second kappa shape index (κ2) is 6.79. The zero-order chi connectivity index (χ0) is 16.2. The van der Waals surface area contributed by atoms with Gasteiger partial charge in [0, 0.05) is 5.39 Å². The minimum absolute atomic E-state index is 0.172. The SMILES string of the molecule is COc1ccc(F)cc1C(=O)CSc1ccc2ccccc2n1. The maximum atomic E-state index is 13.4. The predicted octanol–water partition coefficient (Wildman–Crippen LogP) is 4.36. The quantitative estimate of drug-likeness (QED) is 0.516. The number of carbonyl (C=O) groups excluding carboxylic acids is 1. The highest BCUT2D eigenvalue weighted by molar-refractivity contribution is 7.99. The third-order valence-electron chi connectivity index (χ3n) is 3.39. The molecular formula is C18H14FNO2S. The lowest BCUT2D eigenvalue weighted by Gasteiger charge is -2.07. The molecule has 0 amide bonds. The number of hydrogen-bond acceptors (Lipinski definition) is 4. The Kier molecular flexibility index (Phi) is 4.57. The molecule has 0 saturated carbocycles. The summed E-state index contributed by atoms with van der Waals surface area (Å²) in [6.07, 6.45) is 0. The number of pyridine rings is 1. The fourth-order valence-corrected chi connectivity index (χ4v) is 3.00. The van der Waals surface area contributed by atoms with Crippen LogP contribution in [-0.2, 0) is 0 Å². The summed E-state index contributed by atoms with van der Waals surface area (Å²) in [6.45, 7) is 0. The van der Waals surface area contributed by atoms with Gasteiger partial charge in [-0.3, -0.25) is 4.79 Å². The molecule has 3 rings (SSSR count). The van der Waals surface area contributed by atoms with E-state index < -0.39 is 5.82 Å². The average molecular weight is 327 g/mol. The monoisotopic (exact) mass is 327 g/mol. The Labute approximate surface area is 137 Å². The fourth-order valence-electron chi connectivity index (χ4n) is 2.24. The Bertz CT molecular complexity index is 867. The molecule has 1 heterocycles. The normalized spacial score (nSPS) is 10.7. The molecule has 0 N–H and O–H groups in total. The summed E-state index contributed by atoms with van der Waals surface area (Å²) in [6, 6.07) is 15.6. The topological polar surface area (TPSA) is 39.2 Å². The first-order valence-electron chi connectivity index (χ1n) is 7.03. The minimum atomic E-state index is -0.456. The number of aromatic nitrogens is 1. The number of Topliss-reactive ketones (excluding diaryl/α,β-unsaturated/α-hetero) is 1. The van der Waals surface area contributed by atoms with Crippen molar-refractivity contribution in [2.24, 2.45) is 0 Å². The number of halogens is 1. The van der Waals surface area contributed by atoms with Gasteiger partial charge >= 0.3 is 0 Å². The fraction of sp³-hybridized carbons (Fsp3) is 0.111. The summed E-state index contributed by atoms with van der Waals surface area (Å²) >= 11 is 1.32. The standard InChI is InChI=1S/C18H14FNO2S/c1-22-17-8-7-13(19)10-14(17)16(21)11-23-18-9-6-12-4-2-3-5-15(12)20-18/h2-10H,11H2,1H3. The van der Waals surface area contributed by atoms with Gasteiger partial charge in [0.1, 0.15) is 11.6 Å². The van der Waals surface area contributed by atoms with Crippen molar-refractivity contribution in [2.75, 3.05) is 12.9 Å². The molecular weight excluding hydrogens is 313 g/mol. The molecule has 1 aromatic heterocycles. The van der Waals surface area contributed by atoms with Gasteiger partial charge in [0.15, 0.2) is 5.78 Å². The molecule has 0 radical (unpaired) electrons. The van der Waals surface area contributed by atoms with Crippen LogP contribution in [0.15, 0.2) is 59.6 Å². The first-order valence-corrected chi connectivity index (χ1v) is 8.01. The average Bonchev–Trinajstić information content (AvgIpc) is 2.59. The summed E-state index contributed by atoms with van der Waals surface area (Å²) in [7, 11) is 1.46. The van der Waals surface area contributed by atoms with Crippen molar-refractivity contribution in [3.8, 4) is 5.75 Å². The van der Waals surface area contributed by atoms with E-state index in [0.717, 1.165) is 15.9 Å². The molecule has 0 bridgehead atoms. The van der Waals surface area contributed by atoms with E-state index >= 15 is 0 Å². The number of methoxy groups -OCH3 is 1. The van der Waals surface area contributed by atoms with Crippen LogP contribution in [0.25, 0.3) is 10.9 Å². The maximum absolute atomic E-state index is 13.4. The van der Waals surface area contributed by atoms with E-state index in [2.05, 4.69) is 4.98 Å². The highest BCUT2D eigenvalue weighted by Crippen LogP contribution is 2.24. The number of thioether (sulfide) groups is 1. The lowest BCUT2D eigenvalue weighted by atomic mass is 10.1. The van der Waals surface area contributed by atoms with Gasteiger partial charge in [0.25, 0.3) is 0 Å². The zero-order valence-electron chi connectivity index (χ0n) is 12.5. The van der Waals surface area contributed by atoms with Gasteiger partial charge in [-0.15, -0.1) is 0 Å². The van der Waals surface area contributed by atoms with Gasteiger partial charge in [-0.1, -0.05) is 36.0 Å². The second-order valence-corrected chi connectivity index (χ2v) is 5.89. The van der Waals surface area contributed by atoms with Crippen LogP contribution in [0.3, 0.4) is 0 Å². The Hall–Kier alpha value is -2.40. The molecule has 3 nitrogen and oxygen atoms in total. The third-order valence-corrected chi connectivity index (χ3v) is 4.32. The molecule has 0 aliphatic heterocycles. The first kappa shape index (κ1) is 15.5. The smallest absolute Gasteiger partial charge is 0.176 e. The van der Waals surface area contributed by atoms with Crippen molar-refractivity contribution < 1.29 is 13.9 Å². The number of benzene rings is 2. The van der Waals surface area contributed by atoms with Crippen LogP contribution in [0.4, 0.5) is 4.39 Å². The van der Waals surface area contributed by atoms with E-state index in [1.165, 1.54) is 37.1 Å². The maximum Gasteiger partial charge on any atom is 0.176 e. The zero-order valence-corrected chi connectivity index (χ0v) is 13.3. The van der Waals surface area contributed by atoms with Crippen LogP contribution in [0.1, 0.15) is 10.4 Å². The third kappa shape index (κ3) is 3.51. The van der Waals surface area contributed by atoms with Gasteiger partial charge in [0.05, 0.1) is 29.0 Å². The van der Waals surface area contributed by atoms with E-state index in [-0.39, 0.29) is 17.1 Å². The van der Waals surface area contributed by atoms with Crippen LogP contribution in [-0.4, -0.2) is 23.6 Å². The Balaban J connectivity index is 1.76. The molecule has 0 atom stereocenters. The lowest BCUT2D eigenvalue weighted by Crippen LogP contribution is -2.05. The Morgan fingerprint density at radius 3 is 2.83 bits per heavy atom. The van der Waals surface area contributed by atoms with Gasteiger partial charge in [-0.2, -0.15) is 0 Å². The van der Waals surface area contributed by atoms with Crippen molar-refractivity contribution >= 4 is 28.4 Å². The molecule has 0 saturated heterocycles. The number of fused-ring (bicyclic) bond motifs is 1. The second-order valence-electron chi connectivity index (χ2n) is 4.90. The number of hydrogen-bond donors (Lipinski definition) is 0. The predicted molar refractivity (Wildman–Crippen MR) is 89.7 cm³/mol. The van der Waals surface area contributed by atoms with Crippen molar-refractivity contribution in [2.45, 2.75) is 5.03 Å². The number of para-hydroxylation sites is 1. The van der Waals surface area contributed by atoms with Gasteiger partial charge in [-0.25, -0.2) is 9.37 Å². The van der Waals surface area contributed by atoms with E-state index in [1.807, 2.05) is 36.4 Å². The highest BCUT2D eigenvalue weighted by Gasteiger charge is 2.14. The van der Waals surface area contributed by atoms with E-state index in [0.29, 0.717) is 5.75 Å². The highest BCUT2D eigenvalue weighted by atomic mass is 32.2. The van der Waals surface area contributed by atoms with Crippen molar-refractivity contribution in [1.29, 1.82) is 0 Å². The molecule has 5 heteroatoms.